The second-order valence-corrected chi connectivity index (χ2v) is 7.01. The SMILES string of the molecule is Cl.O=C(NCC1CCCN(CCOc2ccc(F)cc2)C1)C1CCCN1. The molecule has 2 fully saturated rings. The van der Waals surface area contributed by atoms with Gasteiger partial charge < -0.3 is 15.4 Å². The van der Waals surface area contributed by atoms with Crippen LogP contribution in [0, 0.1) is 11.7 Å². The van der Waals surface area contributed by atoms with Crippen LogP contribution in [0.25, 0.3) is 0 Å². The number of halogens is 2. The number of rotatable bonds is 7. The van der Waals surface area contributed by atoms with Gasteiger partial charge in [-0.15, -0.1) is 12.4 Å². The summed E-state index contributed by atoms with van der Waals surface area (Å²) in [5.41, 5.74) is 0. The van der Waals surface area contributed by atoms with Gasteiger partial charge in [-0.1, -0.05) is 0 Å². The first-order valence-corrected chi connectivity index (χ1v) is 9.32. The molecule has 2 atom stereocenters. The number of ether oxygens (including phenoxy) is 1. The van der Waals surface area contributed by atoms with Crippen molar-refractivity contribution in [2.24, 2.45) is 5.92 Å². The predicted octanol–water partition coefficient (Wildman–Crippen LogP) is 2.21. The van der Waals surface area contributed by atoms with Crippen LogP contribution in [0.3, 0.4) is 0 Å². The first kappa shape index (κ1) is 20.9. The lowest BCUT2D eigenvalue weighted by Crippen LogP contribution is -2.46. The normalized spacial score (nSPS) is 23.3. The molecule has 26 heavy (non-hydrogen) atoms. The van der Waals surface area contributed by atoms with Crippen molar-refractivity contribution in [2.75, 3.05) is 39.3 Å². The molecule has 2 aliphatic rings. The highest BCUT2D eigenvalue weighted by Crippen LogP contribution is 2.16. The molecule has 0 aliphatic carbocycles. The highest BCUT2D eigenvalue weighted by molar-refractivity contribution is 5.85. The Balaban J connectivity index is 0.00000243. The average molecular weight is 386 g/mol. The van der Waals surface area contributed by atoms with Gasteiger partial charge in [-0.2, -0.15) is 0 Å². The summed E-state index contributed by atoms with van der Waals surface area (Å²) in [5, 5.41) is 6.34. The van der Waals surface area contributed by atoms with Gasteiger partial charge in [-0.25, -0.2) is 4.39 Å². The van der Waals surface area contributed by atoms with E-state index in [2.05, 4.69) is 15.5 Å². The molecule has 1 amide bonds. The Morgan fingerprint density at radius 2 is 2.08 bits per heavy atom. The number of amides is 1. The largest absolute Gasteiger partial charge is 0.492 e. The van der Waals surface area contributed by atoms with E-state index in [1.165, 1.54) is 12.1 Å². The first-order chi connectivity index (χ1) is 12.2. The van der Waals surface area contributed by atoms with E-state index >= 15 is 0 Å². The Morgan fingerprint density at radius 3 is 2.81 bits per heavy atom. The Hall–Kier alpha value is -1.37. The number of carbonyl (C=O) groups excluding carboxylic acids is 1. The summed E-state index contributed by atoms with van der Waals surface area (Å²) in [5.74, 6) is 1.10. The third-order valence-electron chi connectivity index (χ3n) is 5.03. The van der Waals surface area contributed by atoms with Crippen LogP contribution in [-0.4, -0.2) is 56.2 Å². The number of benzene rings is 1. The topological polar surface area (TPSA) is 53.6 Å². The van der Waals surface area contributed by atoms with Gasteiger partial charge in [0.15, 0.2) is 0 Å². The molecule has 1 aromatic rings. The molecule has 7 heteroatoms. The number of hydrogen-bond donors (Lipinski definition) is 2. The standard InChI is InChI=1S/C19H28FN3O2.ClH/c20-16-5-7-17(8-6-16)25-12-11-23-10-2-3-15(14-23)13-22-19(24)18-4-1-9-21-18;/h5-8,15,18,21H,1-4,9-14H2,(H,22,24);1H. The molecule has 0 spiro atoms. The molecular weight excluding hydrogens is 357 g/mol. The summed E-state index contributed by atoms with van der Waals surface area (Å²) in [6.07, 6.45) is 4.35. The molecule has 0 radical (unpaired) electrons. The first-order valence-electron chi connectivity index (χ1n) is 9.32. The molecule has 5 nitrogen and oxygen atoms in total. The van der Waals surface area contributed by atoms with Crippen molar-refractivity contribution in [3.05, 3.63) is 30.1 Å². The highest BCUT2D eigenvalue weighted by atomic mass is 35.5. The van der Waals surface area contributed by atoms with E-state index in [0.717, 1.165) is 58.4 Å². The summed E-state index contributed by atoms with van der Waals surface area (Å²) in [7, 11) is 0. The fraction of sp³-hybridized carbons (Fsp3) is 0.632. The van der Waals surface area contributed by atoms with Crippen molar-refractivity contribution < 1.29 is 13.9 Å². The zero-order valence-corrected chi connectivity index (χ0v) is 15.9. The maximum absolute atomic E-state index is 12.9. The van der Waals surface area contributed by atoms with Crippen molar-refractivity contribution in [3.63, 3.8) is 0 Å². The minimum Gasteiger partial charge on any atom is -0.492 e. The maximum Gasteiger partial charge on any atom is 0.237 e. The minimum atomic E-state index is -0.249. The molecule has 0 saturated carbocycles. The lowest BCUT2D eigenvalue weighted by Gasteiger charge is -2.32. The Bertz CT molecular complexity index is 552. The van der Waals surface area contributed by atoms with Gasteiger partial charge in [0.2, 0.25) is 5.91 Å². The quantitative estimate of drug-likeness (QED) is 0.755. The van der Waals surface area contributed by atoms with Crippen molar-refractivity contribution in [3.8, 4) is 5.75 Å². The van der Waals surface area contributed by atoms with Crippen LogP contribution < -0.4 is 15.4 Å². The molecule has 2 aliphatic heterocycles. The monoisotopic (exact) mass is 385 g/mol. The smallest absolute Gasteiger partial charge is 0.237 e. The van der Waals surface area contributed by atoms with E-state index in [9.17, 15) is 9.18 Å². The predicted molar refractivity (Wildman–Crippen MR) is 102 cm³/mol. The summed E-state index contributed by atoms with van der Waals surface area (Å²) in [6, 6.07) is 6.13. The molecule has 1 aromatic carbocycles. The number of hydrogen-bond acceptors (Lipinski definition) is 4. The van der Waals surface area contributed by atoms with E-state index in [1.54, 1.807) is 12.1 Å². The van der Waals surface area contributed by atoms with Gasteiger partial charge in [-0.05, 0) is 69.0 Å². The van der Waals surface area contributed by atoms with Crippen molar-refractivity contribution in [1.82, 2.24) is 15.5 Å². The highest BCUT2D eigenvalue weighted by Gasteiger charge is 2.24. The van der Waals surface area contributed by atoms with Gasteiger partial charge >= 0.3 is 0 Å². The van der Waals surface area contributed by atoms with Gasteiger partial charge in [-0.3, -0.25) is 9.69 Å². The van der Waals surface area contributed by atoms with Crippen LogP contribution in [0.1, 0.15) is 25.7 Å². The second-order valence-electron chi connectivity index (χ2n) is 7.01. The fourth-order valence-corrected chi connectivity index (χ4v) is 3.62. The van der Waals surface area contributed by atoms with Crippen LogP contribution in [0.4, 0.5) is 4.39 Å². The molecule has 146 valence electrons. The minimum absolute atomic E-state index is 0. The van der Waals surface area contributed by atoms with Crippen molar-refractivity contribution >= 4 is 18.3 Å². The van der Waals surface area contributed by atoms with Crippen molar-refractivity contribution in [2.45, 2.75) is 31.7 Å². The summed E-state index contributed by atoms with van der Waals surface area (Å²) >= 11 is 0. The Kier molecular flexibility index (Phi) is 8.62. The lowest BCUT2D eigenvalue weighted by molar-refractivity contribution is -0.123. The van der Waals surface area contributed by atoms with Gasteiger partial charge in [0, 0.05) is 19.6 Å². The average Bonchev–Trinajstić information content (AvgIpc) is 3.17. The Labute approximate surface area is 161 Å². The number of carbonyl (C=O) groups is 1. The fourth-order valence-electron chi connectivity index (χ4n) is 3.62. The van der Waals surface area contributed by atoms with E-state index < -0.39 is 0 Å². The van der Waals surface area contributed by atoms with Gasteiger partial charge in [0.25, 0.3) is 0 Å². The van der Waals surface area contributed by atoms with E-state index in [1.807, 2.05) is 0 Å². The van der Waals surface area contributed by atoms with Crippen molar-refractivity contribution in [1.29, 1.82) is 0 Å². The zero-order valence-electron chi connectivity index (χ0n) is 15.1. The van der Waals surface area contributed by atoms with Crippen LogP contribution in [-0.2, 0) is 4.79 Å². The number of piperidine rings is 1. The number of nitrogens with one attached hydrogen (secondary N) is 2. The lowest BCUT2D eigenvalue weighted by atomic mass is 9.98. The van der Waals surface area contributed by atoms with Crippen LogP contribution in [0.5, 0.6) is 5.75 Å². The summed E-state index contributed by atoms with van der Waals surface area (Å²) in [6.45, 7) is 5.21. The molecule has 3 rings (SSSR count). The number of nitrogens with zero attached hydrogens (tertiary/aromatic N) is 1. The van der Waals surface area contributed by atoms with Gasteiger partial charge in [0.05, 0.1) is 6.04 Å². The summed E-state index contributed by atoms with van der Waals surface area (Å²) in [4.78, 5) is 14.5. The van der Waals surface area contributed by atoms with E-state index in [4.69, 9.17) is 4.74 Å². The summed E-state index contributed by atoms with van der Waals surface area (Å²) < 4.78 is 18.6. The van der Waals surface area contributed by atoms with E-state index in [0.29, 0.717) is 18.3 Å². The molecular formula is C19H29ClFN3O2. The third-order valence-corrected chi connectivity index (χ3v) is 5.03. The maximum atomic E-state index is 12.9. The molecule has 0 bridgehead atoms. The second kappa shape index (κ2) is 10.7. The van der Waals surface area contributed by atoms with Crippen LogP contribution in [0.2, 0.25) is 0 Å². The van der Waals surface area contributed by atoms with E-state index in [-0.39, 0.29) is 30.2 Å². The Morgan fingerprint density at radius 1 is 1.27 bits per heavy atom. The van der Waals surface area contributed by atoms with Gasteiger partial charge in [0.1, 0.15) is 18.2 Å². The zero-order chi connectivity index (χ0) is 17.5. The molecule has 2 heterocycles. The molecule has 2 saturated heterocycles. The number of likely N-dealkylation sites (tertiary alicyclic amines) is 1. The molecule has 0 aromatic heterocycles. The third kappa shape index (κ3) is 6.41. The van der Waals surface area contributed by atoms with Crippen LogP contribution in [0.15, 0.2) is 24.3 Å². The van der Waals surface area contributed by atoms with Crippen LogP contribution >= 0.6 is 12.4 Å². The molecule has 2 unspecified atom stereocenters. The molecule has 2 N–H and O–H groups in total.